The maximum Gasteiger partial charge on any atom is 0.302 e. The van der Waals surface area contributed by atoms with Crippen molar-refractivity contribution < 1.29 is 23.8 Å². The standard InChI is InChI=1S/C3H6O2.C3H8O.C3H6O.C2H6O/c1-3(4)5-2;1-3-4-2;1-3(2)4;1-3-2/h1-2H3;3H2,1-2H3;1-2H3;1-2H3. The Kier molecular flexibility index (Phi) is 44.4. The second-order valence-corrected chi connectivity index (χ2v) is 2.59. The maximum absolute atomic E-state index is 9.59. The van der Waals surface area contributed by atoms with Gasteiger partial charge in [0.05, 0.1) is 7.11 Å². The molecule has 0 aromatic heterocycles. The zero-order chi connectivity index (χ0) is 14.0. The first-order valence-electron chi connectivity index (χ1n) is 4.74. The summed E-state index contributed by atoms with van der Waals surface area (Å²) in [5.74, 6) is -0.0787. The average molecular weight is 238 g/mol. The Morgan fingerprint density at radius 1 is 0.938 bits per heavy atom. The number of Topliss-reactive ketones (excluding diaryl/α,β-unsaturated/α-hetero) is 1. The van der Waals surface area contributed by atoms with Crippen molar-refractivity contribution in [2.24, 2.45) is 0 Å². The summed E-state index contributed by atoms with van der Waals surface area (Å²) in [5.41, 5.74) is 0. The summed E-state index contributed by atoms with van der Waals surface area (Å²) in [6, 6.07) is 0. The molecule has 0 spiro atoms. The van der Waals surface area contributed by atoms with Crippen LogP contribution in [0, 0.1) is 0 Å². The molecule has 0 aromatic carbocycles. The van der Waals surface area contributed by atoms with E-state index in [0.29, 0.717) is 0 Å². The number of hydrogen-bond donors (Lipinski definition) is 0. The van der Waals surface area contributed by atoms with Crippen molar-refractivity contribution >= 4 is 11.8 Å². The van der Waals surface area contributed by atoms with Gasteiger partial charge in [0.1, 0.15) is 5.78 Å². The first-order valence-corrected chi connectivity index (χ1v) is 4.74. The Balaban J connectivity index is -0.0000000610. The Morgan fingerprint density at radius 2 is 1.06 bits per heavy atom. The minimum atomic E-state index is -0.245. The van der Waals surface area contributed by atoms with Crippen LogP contribution in [0.4, 0.5) is 0 Å². The van der Waals surface area contributed by atoms with Crippen LogP contribution in [-0.4, -0.2) is 46.8 Å². The van der Waals surface area contributed by atoms with Gasteiger partial charge in [-0.3, -0.25) is 4.79 Å². The van der Waals surface area contributed by atoms with Gasteiger partial charge in [-0.2, -0.15) is 0 Å². The van der Waals surface area contributed by atoms with Gasteiger partial charge in [-0.1, -0.05) is 0 Å². The minimum absolute atomic E-state index is 0.167. The minimum Gasteiger partial charge on any atom is -0.469 e. The van der Waals surface area contributed by atoms with E-state index >= 15 is 0 Å². The molecule has 0 aliphatic rings. The van der Waals surface area contributed by atoms with Gasteiger partial charge in [0, 0.05) is 34.9 Å². The number of rotatable bonds is 1. The van der Waals surface area contributed by atoms with Gasteiger partial charge in [0.2, 0.25) is 0 Å². The average Bonchev–Trinajstić information content (AvgIpc) is 2.18. The lowest BCUT2D eigenvalue weighted by Crippen LogP contribution is -1.88. The first kappa shape index (κ1) is 24.3. The molecule has 0 fully saturated rings. The van der Waals surface area contributed by atoms with Gasteiger partial charge >= 0.3 is 5.97 Å². The lowest BCUT2D eigenvalue weighted by molar-refractivity contribution is -0.137. The second kappa shape index (κ2) is 29.2. The van der Waals surface area contributed by atoms with Gasteiger partial charge in [0.25, 0.3) is 0 Å². The molecule has 0 aromatic rings. The van der Waals surface area contributed by atoms with Crippen LogP contribution < -0.4 is 0 Å². The molecule has 0 aliphatic carbocycles. The molecular formula is C11H26O5. The molecule has 0 radical (unpaired) electrons. The Hall–Kier alpha value is -0.940. The summed E-state index contributed by atoms with van der Waals surface area (Å²) < 4.78 is 12.9. The molecule has 0 amide bonds. The Morgan fingerprint density at radius 3 is 1.06 bits per heavy atom. The summed E-state index contributed by atoms with van der Waals surface area (Å²) in [4.78, 5) is 19.0. The van der Waals surface area contributed by atoms with Crippen LogP contribution >= 0.6 is 0 Å². The lowest BCUT2D eigenvalue weighted by Gasteiger charge is -1.80. The molecule has 5 nitrogen and oxygen atoms in total. The van der Waals surface area contributed by atoms with Crippen molar-refractivity contribution in [1.82, 2.24) is 0 Å². The van der Waals surface area contributed by atoms with Crippen molar-refractivity contribution in [2.75, 3.05) is 35.0 Å². The van der Waals surface area contributed by atoms with E-state index in [1.807, 2.05) is 6.92 Å². The third-order valence-electron chi connectivity index (χ3n) is 0.576. The van der Waals surface area contributed by atoms with Crippen LogP contribution in [0.1, 0.15) is 27.7 Å². The number of ketones is 1. The van der Waals surface area contributed by atoms with Gasteiger partial charge in [0.15, 0.2) is 0 Å². The summed E-state index contributed by atoms with van der Waals surface area (Å²) in [6.45, 7) is 7.19. The number of carbonyl (C=O) groups is 2. The summed E-state index contributed by atoms with van der Waals surface area (Å²) in [5, 5.41) is 0. The van der Waals surface area contributed by atoms with Gasteiger partial charge in [-0.25, -0.2) is 0 Å². The van der Waals surface area contributed by atoms with Crippen LogP contribution in [0.5, 0.6) is 0 Å². The second-order valence-electron chi connectivity index (χ2n) is 2.59. The number of esters is 1. The van der Waals surface area contributed by atoms with Crippen LogP contribution in [-0.2, 0) is 23.8 Å². The molecule has 100 valence electrons. The monoisotopic (exact) mass is 238 g/mol. The number of ether oxygens (including phenoxy) is 3. The molecule has 16 heavy (non-hydrogen) atoms. The molecule has 0 aliphatic heterocycles. The molecule has 0 saturated heterocycles. The van der Waals surface area contributed by atoms with E-state index in [0.717, 1.165) is 6.61 Å². The molecule has 0 bridgehead atoms. The largest absolute Gasteiger partial charge is 0.469 e. The smallest absolute Gasteiger partial charge is 0.302 e. The number of methoxy groups -OCH3 is 3. The van der Waals surface area contributed by atoms with Crippen molar-refractivity contribution in [2.45, 2.75) is 27.7 Å². The molecule has 0 saturated carbocycles. The molecule has 0 unspecified atom stereocenters. The predicted molar refractivity (Wildman–Crippen MR) is 64.5 cm³/mol. The third-order valence-corrected chi connectivity index (χ3v) is 0.576. The Bertz CT molecular complexity index is 128. The zero-order valence-electron chi connectivity index (χ0n) is 11.7. The highest BCUT2D eigenvalue weighted by molar-refractivity contribution is 5.72. The highest BCUT2D eigenvalue weighted by atomic mass is 16.5. The first-order chi connectivity index (χ1) is 7.33. The molecule has 0 rings (SSSR count). The topological polar surface area (TPSA) is 61.8 Å². The van der Waals surface area contributed by atoms with Crippen LogP contribution in [0.25, 0.3) is 0 Å². The van der Waals surface area contributed by atoms with Crippen molar-refractivity contribution in [3.05, 3.63) is 0 Å². The van der Waals surface area contributed by atoms with Gasteiger partial charge in [-0.15, -0.1) is 0 Å². The summed E-state index contributed by atoms with van der Waals surface area (Å²) in [7, 11) is 6.28. The van der Waals surface area contributed by atoms with E-state index in [-0.39, 0.29) is 11.8 Å². The summed E-state index contributed by atoms with van der Waals surface area (Å²) in [6.07, 6.45) is 0. The highest BCUT2D eigenvalue weighted by Crippen LogP contribution is 1.60. The van der Waals surface area contributed by atoms with Crippen molar-refractivity contribution in [1.29, 1.82) is 0 Å². The third kappa shape index (κ3) is 448. The fourth-order valence-electron chi connectivity index (χ4n) is 0. The molecule has 5 heteroatoms. The van der Waals surface area contributed by atoms with E-state index in [1.54, 1.807) is 21.3 Å². The van der Waals surface area contributed by atoms with Crippen LogP contribution in [0.2, 0.25) is 0 Å². The Labute approximate surface area is 99.1 Å². The normalized spacial score (nSPS) is 6.75. The van der Waals surface area contributed by atoms with E-state index in [1.165, 1.54) is 27.9 Å². The summed E-state index contributed by atoms with van der Waals surface area (Å²) >= 11 is 0. The van der Waals surface area contributed by atoms with Gasteiger partial charge < -0.3 is 19.0 Å². The molecular weight excluding hydrogens is 212 g/mol. The molecule has 0 N–H and O–H groups in total. The van der Waals surface area contributed by atoms with Crippen LogP contribution in [0.3, 0.4) is 0 Å². The molecule has 0 heterocycles. The number of carbonyl (C=O) groups excluding carboxylic acids is 2. The van der Waals surface area contributed by atoms with E-state index in [2.05, 4.69) is 14.2 Å². The lowest BCUT2D eigenvalue weighted by atomic mass is 10.6. The van der Waals surface area contributed by atoms with E-state index in [9.17, 15) is 9.59 Å². The van der Waals surface area contributed by atoms with Crippen molar-refractivity contribution in [3.63, 3.8) is 0 Å². The fourth-order valence-corrected chi connectivity index (χ4v) is 0. The zero-order valence-corrected chi connectivity index (χ0v) is 11.7. The van der Waals surface area contributed by atoms with Crippen molar-refractivity contribution in [3.8, 4) is 0 Å². The SMILES string of the molecule is CC(C)=O.CCOC.COC.COC(C)=O. The van der Waals surface area contributed by atoms with E-state index in [4.69, 9.17) is 0 Å². The maximum atomic E-state index is 9.59. The van der Waals surface area contributed by atoms with Crippen LogP contribution in [0.15, 0.2) is 0 Å². The number of hydrogen-bond acceptors (Lipinski definition) is 5. The fraction of sp³-hybridized carbons (Fsp3) is 0.818. The highest BCUT2D eigenvalue weighted by Gasteiger charge is 1.75. The van der Waals surface area contributed by atoms with Gasteiger partial charge in [-0.05, 0) is 20.8 Å². The quantitative estimate of drug-likeness (QED) is 0.650. The predicted octanol–water partition coefficient (Wildman–Crippen LogP) is 1.69. The van der Waals surface area contributed by atoms with E-state index < -0.39 is 0 Å². The molecule has 0 atom stereocenters.